The number of esters is 1. The number of rotatable bonds is 20. The van der Waals surface area contributed by atoms with Crippen LogP contribution in [0.15, 0.2) is 0 Å². The third-order valence-corrected chi connectivity index (χ3v) is 2.86. The summed E-state index contributed by atoms with van der Waals surface area (Å²) in [6.07, 6.45) is -1.12. The fourth-order valence-corrected chi connectivity index (χ4v) is 1.49. The maximum absolute atomic E-state index is 12.7. The monoisotopic (exact) mass is 385 g/mol. The zero-order chi connectivity index (χ0) is 19.3. The van der Waals surface area contributed by atoms with Crippen molar-refractivity contribution in [2.45, 2.75) is 6.17 Å². The summed E-state index contributed by atoms with van der Waals surface area (Å²) in [5.74, 6) is -0.412. The highest BCUT2D eigenvalue weighted by molar-refractivity contribution is 5.70. The molecule has 156 valence electrons. The second-order valence-electron chi connectivity index (χ2n) is 4.99. The van der Waals surface area contributed by atoms with Crippen molar-refractivity contribution < 1.29 is 42.3 Å². The molecule has 0 aromatic heterocycles. The van der Waals surface area contributed by atoms with Gasteiger partial charge in [0.25, 0.3) is 0 Å². The summed E-state index contributed by atoms with van der Waals surface area (Å²) >= 11 is 0. The van der Waals surface area contributed by atoms with Crippen molar-refractivity contribution in [2.75, 3.05) is 92.9 Å². The van der Waals surface area contributed by atoms with E-state index in [0.29, 0.717) is 66.1 Å². The third-order valence-electron chi connectivity index (χ3n) is 2.86. The lowest BCUT2D eigenvalue weighted by atomic mass is 10.4. The molecule has 0 bridgehead atoms. The van der Waals surface area contributed by atoms with Gasteiger partial charge in [-0.25, -0.2) is 9.18 Å². The van der Waals surface area contributed by atoms with Crippen LogP contribution in [0.5, 0.6) is 0 Å². The topological polar surface area (TPSA) is 108 Å². The lowest BCUT2D eigenvalue weighted by molar-refractivity contribution is -0.146. The Kier molecular flexibility index (Phi) is 19.7. The first-order valence-corrected chi connectivity index (χ1v) is 8.58. The lowest BCUT2D eigenvalue weighted by Crippen LogP contribution is -2.22. The molecule has 0 spiro atoms. The van der Waals surface area contributed by atoms with Gasteiger partial charge < -0.3 is 38.9 Å². The molecule has 1 atom stereocenters. The second kappa shape index (κ2) is 20.4. The van der Waals surface area contributed by atoms with Crippen molar-refractivity contribution >= 4 is 5.97 Å². The molecule has 10 heteroatoms. The molecule has 9 nitrogen and oxygen atoms in total. The van der Waals surface area contributed by atoms with Gasteiger partial charge in [0.05, 0.1) is 79.8 Å². The molecule has 0 saturated heterocycles. The lowest BCUT2D eigenvalue weighted by Gasteiger charge is -2.08. The Balaban J connectivity index is 3.04. The van der Waals surface area contributed by atoms with Gasteiger partial charge in [-0.2, -0.15) is 0 Å². The summed E-state index contributed by atoms with van der Waals surface area (Å²) in [5, 5.41) is 0. The minimum absolute atomic E-state index is 0.00205. The van der Waals surface area contributed by atoms with E-state index in [1.165, 1.54) is 7.11 Å². The minimum Gasteiger partial charge on any atom is -0.467 e. The Morgan fingerprint density at radius 1 is 0.769 bits per heavy atom. The molecule has 0 aromatic rings. The highest BCUT2D eigenvalue weighted by Gasteiger charge is 2.02. The minimum atomic E-state index is -1.12. The molecule has 0 aliphatic rings. The molecule has 0 aliphatic heterocycles. The maximum atomic E-state index is 12.7. The Labute approximate surface area is 154 Å². The highest BCUT2D eigenvalue weighted by Crippen LogP contribution is 1.89. The molecule has 0 heterocycles. The number of hydrogen-bond acceptors (Lipinski definition) is 9. The number of hydrogen-bond donors (Lipinski definition) is 1. The Morgan fingerprint density at radius 2 is 1.15 bits per heavy atom. The van der Waals surface area contributed by atoms with Crippen LogP contribution in [-0.4, -0.2) is 105 Å². The van der Waals surface area contributed by atoms with E-state index in [1.807, 2.05) is 0 Å². The Bertz CT molecular complexity index is 312. The van der Waals surface area contributed by atoms with Gasteiger partial charge in [0.15, 0.2) is 0 Å². The third kappa shape index (κ3) is 19.4. The van der Waals surface area contributed by atoms with Crippen LogP contribution in [0.25, 0.3) is 0 Å². The molecular formula is C16H32FNO8. The van der Waals surface area contributed by atoms with Crippen LogP contribution >= 0.6 is 0 Å². The van der Waals surface area contributed by atoms with Crippen molar-refractivity contribution in [3.05, 3.63) is 0 Å². The average molecular weight is 385 g/mol. The van der Waals surface area contributed by atoms with Crippen LogP contribution in [0.3, 0.4) is 0 Å². The van der Waals surface area contributed by atoms with Crippen LogP contribution in [0.2, 0.25) is 0 Å². The summed E-state index contributed by atoms with van der Waals surface area (Å²) in [7, 11) is 1.31. The van der Waals surface area contributed by atoms with Gasteiger partial charge in [-0.1, -0.05) is 0 Å². The van der Waals surface area contributed by atoms with Crippen LogP contribution < -0.4 is 5.73 Å². The molecule has 0 fully saturated rings. The van der Waals surface area contributed by atoms with Gasteiger partial charge in [-0.15, -0.1) is 0 Å². The second-order valence-corrected chi connectivity index (χ2v) is 4.99. The van der Waals surface area contributed by atoms with E-state index in [9.17, 15) is 9.18 Å². The summed E-state index contributed by atoms with van der Waals surface area (Å²) in [5.41, 5.74) is 5.12. The number of nitrogens with two attached hydrogens (primary N) is 1. The van der Waals surface area contributed by atoms with Gasteiger partial charge in [0.2, 0.25) is 0 Å². The summed E-state index contributed by atoms with van der Waals surface area (Å²) in [6.45, 7) is 4.02. The molecule has 0 saturated carbocycles. The summed E-state index contributed by atoms with van der Waals surface area (Å²) < 4.78 is 48.3. The molecule has 0 rings (SSSR count). The van der Waals surface area contributed by atoms with Gasteiger partial charge >= 0.3 is 5.97 Å². The van der Waals surface area contributed by atoms with E-state index in [1.54, 1.807) is 0 Å². The predicted molar refractivity (Wildman–Crippen MR) is 90.9 cm³/mol. The number of ether oxygens (including phenoxy) is 7. The Morgan fingerprint density at radius 3 is 1.54 bits per heavy atom. The largest absolute Gasteiger partial charge is 0.467 e. The van der Waals surface area contributed by atoms with E-state index in [-0.39, 0.29) is 19.8 Å². The van der Waals surface area contributed by atoms with Crippen molar-refractivity contribution in [2.24, 2.45) is 5.73 Å². The first-order chi connectivity index (χ1) is 12.7. The summed E-state index contributed by atoms with van der Waals surface area (Å²) in [6, 6.07) is 0. The van der Waals surface area contributed by atoms with Crippen molar-refractivity contribution in [3.8, 4) is 0 Å². The number of carbonyl (C=O) groups excluding carboxylic acids is 1. The smallest absolute Gasteiger partial charge is 0.331 e. The van der Waals surface area contributed by atoms with Crippen LogP contribution in [0.4, 0.5) is 4.39 Å². The fourth-order valence-electron chi connectivity index (χ4n) is 1.49. The average Bonchev–Trinajstić information content (AvgIpc) is 2.66. The molecule has 0 amide bonds. The zero-order valence-electron chi connectivity index (χ0n) is 15.5. The quantitative estimate of drug-likeness (QED) is 0.220. The maximum Gasteiger partial charge on any atom is 0.331 e. The fraction of sp³-hybridized carbons (Fsp3) is 0.938. The van der Waals surface area contributed by atoms with Crippen molar-refractivity contribution in [3.63, 3.8) is 0 Å². The van der Waals surface area contributed by atoms with Gasteiger partial charge in [-0.3, -0.25) is 0 Å². The van der Waals surface area contributed by atoms with E-state index >= 15 is 0 Å². The van der Waals surface area contributed by atoms with E-state index < -0.39 is 12.1 Å². The zero-order valence-corrected chi connectivity index (χ0v) is 15.5. The SMILES string of the molecule is COC(=O)COCCOCCOCCOCCOCCOCC(F)CN. The van der Waals surface area contributed by atoms with Crippen molar-refractivity contribution in [1.82, 2.24) is 0 Å². The normalized spacial score (nSPS) is 12.3. The van der Waals surface area contributed by atoms with Crippen LogP contribution in [0, 0.1) is 0 Å². The standard InChI is InChI=1S/C16H32FNO8/c1-20-16(19)14-26-11-9-24-7-5-22-3-2-21-4-6-23-8-10-25-13-15(17)12-18/h15H,2-14,18H2,1H3. The van der Waals surface area contributed by atoms with E-state index in [0.717, 1.165) is 0 Å². The first-order valence-electron chi connectivity index (χ1n) is 8.58. The van der Waals surface area contributed by atoms with E-state index in [2.05, 4.69) is 4.74 Å². The highest BCUT2D eigenvalue weighted by atomic mass is 19.1. The van der Waals surface area contributed by atoms with Crippen LogP contribution in [-0.2, 0) is 38.0 Å². The number of methoxy groups -OCH3 is 1. The van der Waals surface area contributed by atoms with E-state index in [4.69, 9.17) is 34.2 Å². The number of alkyl halides is 1. The van der Waals surface area contributed by atoms with Gasteiger partial charge in [0.1, 0.15) is 12.8 Å². The van der Waals surface area contributed by atoms with Crippen molar-refractivity contribution in [1.29, 1.82) is 0 Å². The molecule has 0 aromatic carbocycles. The number of carbonyl (C=O) groups is 1. The van der Waals surface area contributed by atoms with Gasteiger partial charge in [0, 0.05) is 6.54 Å². The van der Waals surface area contributed by atoms with Crippen LogP contribution in [0.1, 0.15) is 0 Å². The molecule has 0 aliphatic carbocycles. The molecule has 0 radical (unpaired) electrons. The molecule has 1 unspecified atom stereocenters. The molecular weight excluding hydrogens is 353 g/mol. The predicted octanol–water partition coefficient (Wildman–Crippen LogP) is -0.444. The molecule has 2 N–H and O–H groups in total. The molecule has 26 heavy (non-hydrogen) atoms. The number of halogens is 1. The summed E-state index contributed by atoms with van der Waals surface area (Å²) in [4.78, 5) is 10.8. The Hall–Kier alpha value is -0.880. The van der Waals surface area contributed by atoms with Gasteiger partial charge in [-0.05, 0) is 0 Å². The first kappa shape index (κ1) is 25.1.